The van der Waals surface area contributed by atoms with Gasteiger partial charge < -0.3 is 19.3 Å². The molecule has 0 fully saturated rings. The summed E-state index contributed by atoms with van der Waals surface area (Å²) in [5.41, 5.74) is 0.395. The summed E-state index contributed by atoms with van der Waals surface area (Å²) in [6.45, 7) is 4.33. The van der Waals surface area contributed by atoms with Crippen molar-refractivity contribution in [2.75, 3.05) is 13.7 Å². The molecule has 1 unspecified atom stereocenters. The molecule has 116 valence electrons. The van der Waals surface area contributed by atoms with Gasteiger partial charge in [0.15, 0.2) is 0 Å². The van der Waals surface area contributed by atoms with Crippen LogP contribution < -0.4 is 9.47 Å². The number of carbonyl (C=O) groups is 1. The van der Waals surface area contributed by atoms with Crippen molar-refractivity contribution in [3.05, 3.63) is 23.8 Å². The Morgan fingerprint density at radius 2 is 2.24 bits per heavy atom. The summed E-state index contributed by atoms with van der Waals surface area (Å²) in [6.07, 6.45) is 0.985. The van der Waals surface area contributed by atoms with Gasteiger partial charge in [0.25, 0.3) is 0 Å². The number of hydrogen-bond acceptors (Lipinski definition) is 5. The number of carbonyl (C=O) groups excluding carboxylic acids is 1. The monoisotopic (exact) mass is 294 g/mol. The predicted molar refractivity (Wildman–Crippen MR) is 77.5 cm³/mol. The van der Waals surface area contributed by atoms with Crippen LogP contribution >= 0.6 is 0 Å². The summed E-state index contributed by atoms with van der Waals surface area (Å²) < 4.78 is 16.0. The van der Waals surface area contributed by atoms with Crippen LogP contribution in [0.15, 0.2) is 18.2 Å². The molecule has 0 spiro atoms. The molecule has 0 aromatic heterocycles. The second-order valence-electron chi connectivity index (χ2n) is 5.81. The molecule has 1 aromatic rings. The van der Waals surface area contributed by atoms with Gasteiger partial charge in [0.1, 0.15) is 17.1 Å². The van der Waals surface area contributed by atoms with Crippen LogP contribution in [0, 0.1) is 0 Å². The molecule has 0 aliphatic carbocycles. The van der Waals surface area contributed by atoms with Crippen LogP contribution in [0.25, 0.3) is 0 Å². The van der Waals surface area contributed by atoms with Gasteiger partial charge >= 0.3 is 5.97 Å². The molecule has 21 heavy (non-hydrogen) atoms. The van der Waals surface area contributed by atoms with Gasteiger partial charge in [-0.2, -0.15) is 0 Å². The lowest BCUT2D eigenvalue weighted by Gasteiger charge is -2.35. The molecule has 1 aliphatic heterocycles. The van der Waals surface area contributed by atoms with Gasteiger partial charge in [-0.15, -0.1) is 0 Å². The minimum absolute atomic E-state index is 0.239. The van der Waals surface area contributed by atoms with Crippen molar-refractivity contribution in [1.82, 2.24) is 0 Å². The minimum Gasteiger partial charge on any atom is -0.493 e. The lowest BCUT2D eigenvalue weighted by Crippen LogP contribution is -2.34. The van der Waals surface area contributed by atoms with Crippen molar-refractivity contribution in [3.8, 4) is 11.5 Å². The van der Waals surface area contributed by atoms with Gasteiger partial charge in [-0.1, -0.05) is 0 Å². The molecule has 0 saturated carbocycles. The largest absolute Gasteiger partial charge is 0.493 e. The molecule has 1 aliphatic rings. The van der Waals surface area contributed by atoms with Crippen LogP contribution in [0.4, 0.5) is 0 Å². The second kappa shape index (κ2) is 6.35. The number of aliphatic hydroxyl groups is 1. The third-order valence-electron chi connectivity index (χ3n) is 3.44. The molecule has 1 N–H and O–H groups in total. The molecule has 2 rings (SSSR count). The zero-order valence-electron chi connectivity index (χ0n) is 12.7. The maximum absolute atomic E-state index is 11.0. The molecule has 1 atom stereocenters. The molecular formula is C16H22O5. The number of esters is 1. The van der Waals surface area contributed by atoms with E-state index in [4.69, 9.17) is 9.47 Å². The lowest BCUT2D eigenvalue weighted by atomic mass is 9.92. The molecule has 5 heteroatoms. The predicted octanol–water partition coefficient (Wildman–Crippen LogP) is 2.61. The second-order valence-corrected chi connectivity index (χ2v) is 5.81. The van der Waals surface area contributed by atoms with Crippen LogP contribution in [-0.4, -0.2) is 30.4 Å². The molecular weight excluding hydrogens is 272 g/mol. The van der Waals surface area contributed by atoms with E-state index in [1.807, 2.05) is 26.0 Å². The first kappa shape index (κ1) is 15.6. The zero-order chi connectivity index (χ0) is 15.5. The highest BCUT2D eigenvalue weighted by atomic mass is 16.5. The Morgan fingerprint density at radius 3 is 2.95 bits per heavy atom. The maximum atomic E-state index is 11.0. The van der Waals surface area contributed by atoms with Crippen molar-refractivity contribution >= 4 is 5.97 Å². The topological polar surface area (TPSA) is 65.0 Å². The number of benzene rings is 1. The van der Waals surface area contributed by atoms with Crippen LogP contribution in [0.5, 0.6) is 11.5 Å². The molecule has 1 heterocycles. The Morgan fingerprint density at radius 1 is 1.48 bits per heavy atom. The average Bonchev–Trinajstić information content (AvgIpc) is 2.41. The number of ether oxygens (including phenoxy) is 3. The first-order chi connectivity index (χ1) is 9.91. The highest BCUT2D eigenvalue weighted by Crippen LogP contribution is 2.41. The van der Waals surface area contributed by atoms with Crippen LogP contribution in [0.3, 0.4) is 0 Å². The van der Waals surface area contributed by atoms with Crippen LogP contribution in [-0.2, 0) is 9.53 Å². The molecule has 0 bridgehead atoms. The Labute approximate surface area is 124 Å². The summed E-state index contributed by atoms with van der Waals surface area (Å²) in [4.78, 5) is 11.0. The molecule has 0 radical (unpaired) electrons. The number of methoxy groups -OCH3 is 1. The Kier molecular flexibility index (Phi) is 4.73. The molecule has 0 amide bonds. The summed E-state index contributed by atoms with van der Waals surface area (Å²) in [7, 11) is 1.37. The van der Waals surface area contributed by atoms with Gasteiger partial charge in [0.2, 0.25) is 0 Å². The molecule has 1 aromatic carbocycles. The third kappa shape index (κ3) is 4.11. The molecule has 5 nitrogen and oxygen atoms in total. The fraction of sp³-hybridized carbons (Fsp3) is 0.562. The van der Waals surface area contributed by atoms with E-state index in [0.717, 1.165) is 5.56 Å². The van der Waals surface area contributed by atoms with Gasteiger partial charge in [0, 0.05) is 24.5 Å². The fourth-order valence-corrected chi connectivity index (χ4v) is 2.39. The van der Waals surface area contributed by atoms with E-state index in [0.29, 0.717) is 37.4 Å². The quantitative estimate of drug-likeness (QED) is 0.668. The maximum Gasteiger partial charge on any atom is 0.305 e. The number of aliphatic hydroxyl groups excluding tert-OH is 1. The standard InChI is InChI=1S/C16H22O5/c1-16(2)10-13(17)12-7-6-11(9-14(12)21-16)20-8-4-5-15(18)19-3/h6-7,9,13,17H,4-5,8,10H2,1-3H3. The van der Waals surface area contributed by atoms with Gasteiger partial charge in [0.05, 0.1) is 19.8 Å². The Balaban J connectivity index is 1.96. The summed E-state index contributed by atoms with van der Waals surface area (Å²) in [5, 5.41) is 10.1. The van der Waals surface area contributed by atoms with Gasteiger partial charge in [-0.25, -0.2) is 0 Å². The van der Waals surface area contributed by atoms with E-state index in [1.165, 1.54) is 7.11 Å². The third-order valence-corrected chi connectivity index (χ3v) is 3.44. The molecule has 0 saturated heterocycles. The normalized spacial score (nSPS) is 19.3. The van der Waals surface area contributed by atoms with E-state index >= 15 is 0 Å². The van der Waals surface area contributed by atoms with Crippen molar-refractivity contribution in [2.45, 2.75) is 44.8 Å². The summed E-state index contributed by atoms with van der Waals surface area (Å²) in [5.74, 6) is 1.09. The van der Waals surface area contributed by atoms with Crippen molar-refractivity contribution in [1.29, 1.82) is 0 Å². The highest BCUT2D eigenvalue weighted by Gasteiger charge is 2.32. The van der Waals surface area contributed by atoms with Crippen molar-refractivity contribution in [2.24, 2.45) is 0 Å². The number of hydrogen-bond donors (Lipinski definition) is 1. The summed E-state index contributed by atoms with van der Waals surface area (Å²) in [6, 6.07) is 5.42. The van der Waals surface area contributed by atoms with Crippen molar-refractivity contribution in [3.63, 3.8) is 0 Å². The van der Waals surface area contributed by atoms with Crippen molar-refractivity contribution < 1.29 is 24.1 Å². The van der Waals surface area contributed by atoms with E-state index in [2.05, 4.69) is 4.74 Å². The van der Waals surface area contributed by atoms with Gasteiger partial charge in [-0.3, -0.25) is 4.79 Å². The number of rotatable bonds is 5. The average molecular weight is 294 g/mol. The SMILES string of the molecule is COC(=O)CCCOc1ccc2c(c1)OC(C)(C)CC2O. The van der Waals surface area contributed by atoms with E-state index in [-0.39, 0.29) is 5.97 Å². The first-order valence-corrected chi connectivity index (χ1v) is 7.12. The zero-order valence-corrected chi connectivity index (χ0v) is 12.7. The van der Waals surface area contributed by atoms with E-state index in [9.17, 15) is 9.90 Å². The van der Waals surface area contributed by atoms with Crippen LogP contribution in [0.2, 0.25) is 0 Å². The highest BCUT2D eigenvalue weighted by molar-refractivity contribution is 5.69. The van der Waals surface area contributed by atoms with Crippen LogP contribution in [0.1, 0.15) is 44.8 Å². The van der Waals surface area contributed by atoms with Gasteiger partial charge in [-0.05, 0) is 32.4 Å². The smallest absolute Gasteiger partial charge is 0.305 e. The lowest BCUT2D eigenvalue weighted by molar-refractivity contribution is -0.140. The van der Waals surface area contributed by atoms with E-state index in [1.54, 1.807) is 6.07 Å². The Bertz CT molecular complexity index is 509. The summed E-state index contributed by atoms with van der Waals surface area (Å²) >= 11 is 0. The minimum atomic E-state index is -0.517. The van der Waals surface area contributed by atoms with E-state index < -0.39 is 11.7 Å². The Hall–Kier alpha value is -1.75. The fourth-order valence-electron chi connectivity index (χ4n) is 2.39. The first-order valence-electron chi connectivity index (χ1n) is 7.12. The number of fused-ring (bicyclic) bond motifs is 1.